The summed E-state index contributed by atoms with van der Waals surface area (Å²) in [6.45, 7) is 1.96. The third-order valence-corrected chi connectivity index (χ3v) is 6.25. The number of carbonyl (C=O) groups excluding carboxylic acids is 1. The van der Waals surface area contributed by atoms with Crippen molar-refractivity contribution in [2.75, 3.05) is 46.4 Å². The zero-order valence-electron chi connectivity index (χ0n) is 12.7. The highest BCUT2D eigenvalue weighted by atomic mass is 32.2. The highest BCUT2D eigenvalue weighted by Gasteiger charge is 2.48. The van der Waals surface area contributed by atoms with Crippen LogP contribution in [0, 0.1) is 16.7 Å². The molecular formula is C13H22N4O4S. The average Bonchev–Trinajstić information content (AvgIpc) is 3.06. The van der Waals surface area contributed by atoms with Gasteiger partial charge >= 0.3 is 0 Å². The molecule has 0 aromatic heterocycles. The Hall–Kier alpha value is -1.21. The minimum Gasteiger partial charge on any atom is -0.383 e. The highest BCUT2D eigenvalue weighted by molar-refractivity contribution is 7.86. The number of carbonyl (C=O) groups is 1. The normalized spacial score (nSPS) is 25.8. The first kappa shape index (κ1) is 17.1. The first-order valence-corrected chi connectivity index (χ1v) is 8.71. The van der Waals surface area contributed by atoms with Gasteiger partial charge in [-0.1, -0.05) is 0 Å². The Morgan fingerprint density at radius 3 is 2.86 bits per heavy atom. The first-order chi connectivity index (χ1) is 10.4. The predicted octanol–water partition coefficient (Wildman–Crippen LogP) is -0.695. The second-order valence-electron chi connectivity index (χ2n) is 5.84. The molecule has 0 bridgehead atoms. The van der Waals surface area contributed by atoms with Gasteiger partial charge in [0, 0.05) is 58.1 Å². The molecule has 0 aromatic carbocycles. The molecule has 2 fully saturated rings. The SMILES string of the molecule is COCCN(CCC#N)S(=O)(=O)N1CCC2(CNC(=O)C2)C1. The van der Waals surface area contributed by atoms with Crippen LogP contribution in [0.4, 0.5) is 0 Å². The van der Waals surface area contributed by atoms with E-state index >= 15 is 0 Å². The molecule has 1 N–H and O–H groups in total. The molecule has 2 saturated heterocycles. The second-order valence-corrected chi connectivity index (χ2v) is 7.77. The minimum atomic E-state index is -3.63. The number of nitrogens with one attached hydrogen (secondary N) is 1. The van der Waals surface area contributed by atoms with Gasteiger partial charge in [-0.3, -0.25) is 4.79 Å². The topological polar surface area (TPSA) is 103 Å². The fourth-order valence-corrected chi connectivity index (χ4v) is 4.72. The zero-order chi connectivity index (χ0) is 16.2. The van der Waals surface area contributed by atoms with Gasteiger partial charge in [0.25, 0.3) is 10.2 Å². The molecule has 2 heterocycles. The van der Waals surface area contributed by atoms with Gasteiger partial charge < -0.3 is 10.1 Å². The van der Waals surface area contributed by atoms with Crippen molar-refractivity contribution >= 4 is 16.1 Å². The maximum absolute atomic E-state index is 12.7. The number of amides is 1. The summed E-state index contributed by atoms with van der Waals surface area (Å²) >= 11 is 0. The van der Waals surface area contributed by atoms with Crippen molar-refractivity contribution in [2.24, 2.45) is 5.41 Å². The Morgan fingerprint density at radius 2 is 2.27 bits per heavy atom. The maximum atomic E-state index is 12.7. The van der Waals surface area contributed by atoms with E-state index in [1.54, 1.807) is 0 Å². The third kappa shape index (κ3) is 3.57. The molecule has 1 amide bonds. The van der Waals surface area contributed by atoms with Crippen LogP contribution in [0.3, 0.4) is 0 Å². The van der Waals surface area contributed by atoms with Gasteiger partial charge in [-0.25, -0.2) is 0 Å². The molecule has 1 atom stereocenters. The van der Waals surface area contributed by atoms with Gasteiger partial charge in [0.2, 0.25) is 5.91 Å². The smallest absolute Gasteiger partial charge is 0.282 e. The van der Waals surface area contributed by atoms with Crippen molar-refractivity contribution < 1.29 is 17.9 Å². The van der Waals surface area contributed by atoms with Crippen LogP contribution in [0.15, 0.2) is 0 Å². The van der Waals surface area contributed by atoms with E-state index in [1.165, 1.54) is 15.7 Å². The van der Waals surface area contributed by atoms with Gasteiger partial charge in [-0.15, -0.1) is 0 Å². The molecule has 22 heavy (non-hydrogen) atoms. The Labute approximate surface area is 131 Å². The number of methoxy groups -OCH3 is 1. The van der Waals surface area contributed by atoms with Crippen LogP contribution in [-0.2, 0) is 19.7 Å². The number of ether oxygens (including phenoxy) is 1. The Kier molecular flexibility index (Phi) is 5.39. The van der Waals surface area contributed by atoms with Gasteiger partial charge in [0.1, 0.15) is 0 Å². The van der Waals surface area contributed by atoms with Crippen molar-refractivity contribution in [2.45, 2.75) is 19.3 Å². The van der Waals surface area contributed by atoms with Crippen LogP contribution in [0.25, 0.3) is 0 Å². The molecule has 1 unspecified atom stereocenters. The van der Waals surface area contributed by atoms with Crippen molar-refractivity contribution in [3.8, 4) is 6.07 Å². The van der Waals surface area contributed by atoms with E-state index in [1.807, 2.05) is 6.07 Å². The number of nitriles is 1. The van der Waals surface area contributed by atoms with Crippen LogP contribution in [0.5, 0.6) is 0 Å². The summed E-state index contributed by atoms with van der Waals surface area (Å²) in [7, 11) is -2.12. The van der Waals surface area contributed by atoms with Crippen LogP contribution in [-0.4, -0.2) is 69.4 Å². The third-order valence-electron chi connectivity index (χ3n) is 4.27. The van der Waals surface area contributed by atoms with E-state index in [2.05, 4.69) is 5.32 Å². The minimum absolute atomic E-state index is 0.0139. The molecule has 0 aromatic rings. The average molecular weight is 330 g/mol. The lowest BCUT2D eigenvalue weighted by atomic mass is 9.86. The van der Waals surface area contributed by atoms with Gasteiger partial charge in [-0.2, -0.15) is 22.3 Å². The maximum Gasteiger partial charge on any atom is 0.282 e. The highest BCUT2D eigenvalue weighted by Crippen LogP contribution is 2.38. The fraction of sp³-hybridized carbons (Fsp3) is 0.846. The van der Waals surface area contributed by atoms with Crippen LogP contribution in [0.1, 0.15) is 19.3 Å². The lowest BCUT2D eigenvalue weighted by molar-refractivity contribution is -0.119. The summed E-state index contributed by atoms with van der Waals surface area (Å²) < 4.78 is 33.2. The Morgan fingerprint density at radius 1 is 1.50 bits per heavy atom. The summed E-state index contributed by atoms with van der Waals surface area (Å²) in [4.78, 5) is 11.4. The van der Waals surface area contributed by atoms with Crippen LogP contribution >= 0.6 is 0 Å². The van der Waals surface area contributed by atoms with E-state index in [0.29, 0.717) is 32.5 Å². The first-order valence-electron chi connectivity index (χ1n) is 7.31. The van der Waals surface area contributed by atoms with E-state index in [0.717, 1.165) is 0 Å². The predicted molar refractivity (Wildman–Crippen MR) is 78.8 cm³/mol. The fourth-order valence-electron chi connectivity index (χ4n) is 3.00. The molecule has 0 aliphatic carbocycles. The standard InChI is InChI=1S/C13H22N4O4S/c1-21-8-7-16(5-2-4-14)22(19,20)17-6-3-13(11-17)9-12(18)15-10-13/h2-3,5-11H2,1H3,(H,15,18). The van der Waals surface area contributed by atoms with E-state index < -0.39 is 10.2 Å². The number of nitrogens with zero attached hydrogens (tertiary/aromatic N) is 3. The summed E-state index contributed by atoms with van der Waals surface area (Å²) in [6.07, 6.45) is 1.21. The van der Waals surface area contributed by atoms with Crippen LogP contribution < -0.4 is 5.32 Å². The quantitative estimate of drug-likeness (QED) is 0.665. The van der Waals surface area contributed by atoms with E-state index in [-0.39, 0.29) is 37.4 Å². The molecule has 1 spiro atoms. The molecule has 9 heteroatoms. The molecule has 2 rings (SSSR count). The summed E-state index contributed by atoms with van der Waals surface area (Å²) in [5.74, 6) is -0.0139. The number of rotatable bonds is 7. The lowest BCUT2D eigenvalue weighted by Crippen LogP contribution is -2.45. The Bertz CT molecular complexity index is 559. The molecular weight excluding hydrogens is 308 g/mol. The molecule has 2 aliphatic rings. The van der Waals surface area contributed by atoms with Gasteiger partial charge in [-0.05, 0) is 6.42 Å². The molecule has 124 valence electrons. The molecule has 2 aliphatic heterocycles. The van der Waals surface area contributed by atoms with Gasteiger partial charge in [0.05, 0.1) is 12.7 Å². The van der Waals surface area contributed by atoms with Crippen molar-refractivity contribution in [3.05, 3.63) is 0 Å². The second kappa shape index (κ2) is 6.91. The van der Waals surface area contributed by atoms with Crippen molar-refractivity contribution in [1.29, 1.82) is 5.26 Å². The zero-order valence-corrected chi connectivity index (χ0v) is 13.6. The molecule has 8 nitrogen and oxygen atoms in total. The van der Waals surface area contributed by atoms with E-state index in [9.17, 15) is 13.2 Å². The summed E-state index contributed by atoms with van der Waals surface area (Å²) in [6, 6.07) is 1.97. The van der Waals surface area contributed by atoms with E-state index in [4.69, 9.17) is 10.00 Å². The number of hydrogen-bond donors (Lipinski definition) is 1. The van der Waals surface area contributed by atoms with Crippen molar-refractivity contribution in [1.82, 2.24) is 13.9 Å². The Balaban J connectivity index is 2.07. The monoisotopic (exact) mass is 330 g/mol. The van der Waals surface area contributed by atoms with Gasteiger partial charge in [0.15, 0.2) is 0 Å². The molecule has 0 radical (unpaired) electrons. The summed E-state index contributed by atoms with van der Waals surface area (Å²) in [5, 5.41) is 11.5. The lowest BCUT2D eigenvalue weighted by Gasteiger charge is -2.28. The van der Waals surface area contributed by atoms with Crippen LogP contribution in [0.2, 0.25) is 0 Å². The summed E-state index contributed by atoms with van der Waals surface area (Å²) in [5.41, 5.74) is -0.272. The molecule has 0 saturated carbocycles. The van der Waals surface area contributed by atoms with Crippen molar-refractivity contribution in [3.63, 3.8) is 0 Å². The largest absolute Gasteiger partial charge is 0.383 e. The number of hydrogen-bond acceptors (Lipinski definition) is 5.